The van der Waals surface area contributed by atoms with Gasteiger partial charge in [-0.05, 0) is 51.2 Å². The Morgan fingerprint density at radius 1 is 1.31 bits per heavy atom. The number of amides is 1. The first-order chi connectivity index (χ1) is 7.60. The molecule has 1 N–H and O–H groups in total. The molecule has 2 fully saturated rings. The molecule has 16 heavy (non-hydrogen) atoms. The molecular formula is C12H18N2OS. The van der Waals surface area contributed by atoms with Crippen LogP contribution in [0.25, 0.3) is 0 Å². The predicted octanol–water partition coefficient (Wildman–Crippen LogP) is 2.22. The van der Waals surface area contributed by atoms with Crippen LogP contribution in [0.2, 0.25) is 0 Å². The van der Waals surface area contributed by atoms with Gasteiger partial charge in [0.15, 0.2) is 0 Å². The normalized spacial score (nSPS) is 32.2. The van der Waals surface area contributed by atoms with Crippen LogP contribution in [-0.4, -0.2) is 21.9 Å². The van der Waals surface area contributed by atoms with Crippen LogP contribution < -0.4 is 5.32 Å². The Morgan fingerprint density at radius 3 is 2.50 bits per heavy atom. The highest BCUT2D eigenvalue weighted by Gasteiger charge is 2.43. The van der Waals surface area contributed by atoms with Crippen LogP contribution >= 0.6 is 11.8 Å². The molecule has 4 heteroatoms. The van der Waals surface area contributed by atoms with Gasteiger partial charge in [0.05, 0.1) is 10.8 Å². The molecule has 0 bridgehead atoms. The molecule has 2 rings (SSSR count). The van der Waals surface area contributed by atoms with E-state index in [4.69, 9.17) is 0 Å². The number of carbonyl (C=O) groups is 1. The van der Waals surface area contributed by atoms with E-state index >= 15 is 0 Å². The molecule has 1 saturated heterocycles. The largest absolute Gasteiger partial charge is 0.337 e. The summed E-state index contributed by atoms with van der Waals surface area (Å²) in [7, 11) is 0. The summed E-state index contributed by atoms with van der Waals surface area (Å²) in [5, 5.41) is 12.2. The third-order valence-electron chi connectivity index (χ3n) is 3.72. The molecule has 88 valence electrons. The number of hydrogen-bond acceptors (Lipinski definition) is 3. The summed E-state index contributed by atoms with van der Waals surface area (Å²) in [5.74, 6) is 1.13. The highest BCUT2D eigenvalue weighted by Crippen LogP contribution is 2.39. The molecule has 0 aromatic rings. The number of hydrogen-bond donors (Lipinski definition) is 1. The molecule has 1 atom stereocenters. The summed E-state index contributed by atoms with van der Waals surface area (Å²) in [6.07, 6.45) is 5.78. The Balaban J connectivity index is 2.04. The van der Waals surface area contributed by atoms with E-state index in [2.05, 4.69) is 11.4 Å². The van der Waals surface area contributed by atoms with Crippen LogP contribution in [0.15, 0.2) is 0 Å². The number of carbonyl (C=O) groups excluding carboxylic acids is 1. The van der Waals surface area contributed by atoms with Crippen molar-refractivity contribution in [1.29, 1.82) is 5.26 Å². The minimum atomic E-state index is -0.566. The van der Waals surface area contributed by atoms with Gasteiger partial charge in [-0.15, -0.1) is 11.8 Å². The zero-order valence-electron chi connectivity index (χ0n) is 9.71. The van der Waals surface area contributed by atoms with Gasteiger partial charge in [0.25, 0.3) is 0 Å². The van der Waals surface area contributed by atoms with Crippen LogP contribution in [0.4, 0.5) is 0 Å². The van der Waals surface area contributed by atoms with Gasteiger partial charge in [0, 0.05) is 0 Å². The van der Waals surface area contributed by atoms with E-state index in [9.17, 15) is 10.1 Å². The van der Waals surface area contributed by atoms with Gasteiger partial charge in [-0.25, -0.2) is 0 Å². The number of rotatable bonds is 2. The fraction of sp³-hybridized carbons (Fsp3) is 0.833. The van der Waals surface area contributed by atoms with Crippen molar-refractivity contribution in [3.05, 3.63) is 0 Å². The average molecular weight is 238 g/mol. The molecule has 0 aromatic heterocycles. The maximum atomic E-state index is 12.2. The number of nitrogens with one attached hydrogen (secondary N) is 1. The Kier molecular flexibility index (Phi) is 3.16. The zero-order valence-corrected chi connectivity index (χ0v) is 10.5. The summed E-state index contributed by atoms with van der Waals surface area (Å²) < 4.78 is -0.299. The van der Waals surface area contributed by atoms with Gasteiger partial charge in [0.1, 0.15) is 5.54 Å². The molecule has 2 aliphatic rings. The zero-order chi connectivity index (χ0) is 11.6. The highest BCUT2D eigenvalue weighted by atomic mass is 32.2. The summed E-state index contributed by atoms with van der Waals surface area (Å²) in [4.78, 5) is 12.2. The van der Waals surface area contributed by atoms with Crippen LogP contribution in [0.3, 0.4) is 0 Å². The Hall–Kier alpha value is -0.690. The standard InChI is InChI=1S/C12H18N2OS/c1-11(5-4-8-16-11)10(15)14-12(9-13)6-2-3-7-12/h2-8H2,1H3,(H,14,15). The molecular weight excluding hydrogens is 220 g/mol. The van der Waals surface area contributed by atoms with Crippen LogP contribution in [0, 0.1) is 11.3 Å². The van der Waals surface area contributed by atoms with E-state index < -0.39 is 5.54 Å². The van der Waals surface area contributed by atoms with E-state index in [1.165, 1.54) is 0 Å². The molecule has 1 amide bonds. The smallest absolute Gasteiger partial charge is 0.237 e. The first-order valence-corrected chi connectivity index (χ1v) is 6.97. The van der Waals surface area contributed by atoms with Crippen molar-refractivity contribution in [2.45, 2.75) is 55.7 Å². The minimum Gasteiger partial charge on any atom is -0.337 e. The van der Waals surface area contributed by atoms with Crippen molar-refractivity contribution < 1.29 is 4.79 Å². The first kappa shape index (κ1) is 11.8. The second kappa shape index (κ2) is 4.29. The molecule has 1 aliphatic carbocycles. The second-order valence-electron chi connectivity index (χ2n) is 5.04. The van der Waals surface area contributed by atoms with Gasteiger partial charge in [-0.1, -0.05) is 0 Å². The molecule has 1 unspecified atom stereocenters. The molecule has 1 aliphatic heterocycles. The van der Waals surface area contributed by atoms with Crippen molar-refractivity contribution in [3.63, 3.8) is 0 Å². The quantitative estimate of drug-likeness (QED) is 0.802. The number of nitriles is 1. The van der Waals surface area contributed by atoms with E-state index in [-0.39, 0.29) is 10.7 Å². The highest BCUT2D eigenvalue weighted by molar-refractivity contribution is 8.01. The average Bonchev–Trinajstić information content (AvgIpc) is 2.89. The lowest BCUT2D eigenvalue weighted by Crippen LogP contribution is -2.51. The summed E-state index contributed by atoms with van der Waals surface area (Å²) >= 11 is 1.72. The molecule has 3 nitrogen and oxygen atoms in total. The monoisotopic (exact) mass is 238 g/mol. The molecule has 0 spiro atoms. The summed E-state index contributed by atoms with van der Waals surface area (Å²) in [5.41, 5.74) is -0.566. The summed E-state index contributed by atoms with van der Waals surface area (Å²) in [6, 6.07) is 2.31. The summed E-state index contributed by atoms with van der Waals surface area (Å²) in [6.45, 7) is 2.00. The van der Waals surface area contributed by atoms with Gasteiger partial charge in [-0.3, -0.25) is 4.79 Å². The van der Waals surface area contributed by atoms with Gasteiger partial charge < -0.3 is 5.32 Å². The maximum Gasteiger partial charge on any atom is 0.237 e. The Morgan fingerprint density at radius 2 is 2.00 bits per heavy atom. The number of nitrogens with zero attached hydrogens (tertiary/aromatic N) is 1. The fourth-order valence-electron chi connectivity index (χ4n) is 2.55. The molecule has 0 radical (unpaired) electrons. The third kappa shape index (κ3) is 2.06. The van der Waals surface area contributed by atoms with Crippen LogP contribution in [0.1, 0.15) is 45.4 Å². The fourth-order valence-corrected chi connectivity index (χ4v) is 3.76. The Bertz CT molecular complexity index is 322. The number of thioether (sulfide) groups is 1. The lowest BCUT2D eigenvalue weighted by molar-refractivity contribution is -0.124. The van der Waals surface area contributed by atoms with E-state index in [0.29, 0.717) is 0 Å². The van der Waals surface area contributed by atoms with Crippen molar-refractivity contribution >= 4 is 17.7 Å². The van der Waals surface area contributed by atoms with Crippen LogP contribution in [0.5, 0.6) is 0 Å². The van der Waals surface area contributed by atoms with E-state index in [1.807, 2.05) is 6.92 Å². The molecule has 1 heterocycles. The van der Waals surface area contributed by atoms with Crippen LogP contribution in [-0.2, 0) is 4.79 Å². The van der Waals surface area contributed by atoms with Crippen molar-refractivity contribution in [1.82, 2.24) is 5.32 Å². The topological polar surface area (TPSA) is 52.9 Å². The van der Waals surface area contributed by atoms with Gasteiger partial charge >= 0.3 is 0 Å². The SMILES string of the molecule is CC1(C(=O)NC2(C#N)CCCC2)CCCS1. The second-order valence-corrected chi connectivity index (χ2v) is 6.64. The maximum absolute atomic E-state index is 12.2. The molecule has 0 aromatic carbocycles. The van der Waals surface area contributed by atoms with Crippen molar-refractivity contribution in [2.75, 3.05) is 5.75 Å². The van der Waals surface area contributed by atoms with E-state index in [1.54, 1.807) is 11.8 Å². The van der Waals surface area contributed by atoms with Crippen molar-refractivity contribution in [2.24, 2.45) is 0 Å². The lowest BCUT2D eigenvalue weighted by Gasteiger charge is -2.28. The lowest BCUT2D eigenvalue weighted by atomic mass is 9.97. The van der Waals surface area contributed by atoms with Gasteiger partial charge in [0.2, 0.25) is 5.91 Å². The third-order valence-corrected chi connectivity index (χ3v) is 5.24. The van der Waals surface area contributed by atoms with Gasteiger partial charge in [-0.2, -0.15) is 5.26 Å². The first-order valence-electron chi connectivity index (χ1n) is 5.98. The predicted molar refractivity (Wildman–Crippen MR) is 65.1 cm³/mol. The van der Waals surface area contributed by atoms with Crippen molar-refractivity contribution in [3.8, 4) is 6.07 Å². The van der Waals surface area contributed by atoms with E-state index in [0.717, 1.165) is 44.3 Å². The Labute approximate surface area is 101 Å². The molecule has 1 saturated carbocycles. The minimum absolute atomic E-state index is 0.0680.